The van der Waals surface area contributed by atoms with Gasteiger partial charge in [0.05, 0.1) is 6.10 Å². The van der Waals surface area contributed by atoms with Gasteiger partial charge < -0.3 is 10.4 Å². The zero-order valence-electron chi connectivity index (χ0n) is 13.0. The Morgan fingerprint density at radius 1 is 0.957 bits per heavy atom. The Bertz CT molecular complexity index is 802. The minimum Gasteiger partial charge on any atom is -0.388 e. The van der Waals surface area contributed by atoms with Crippen molar-refractivity contribution in [3.8, 4) is 0 Å². The van der Waals surface area contributed by atoms with Gasteiger partial charge in [0.15, 0.2) is 0 Å². The minimum atomic E-state index is -0.898. The molecule has 0 spiro atoms. The van der Waals surface area contributed by atoms with Crippen molar-refractivity contribution in [1.29, 1.82) is 0 Å². The van der Waals surface area contributed by atoms with Gasteiger partial charge in [-0.1, -0.05) is 60.7 Å². The first-order valence-corrected chi connectivity index (χ1v) is 7.76. The van der Waals surface area contributed by atoms with E-state index in [0.29, 0.717) is 12.1 Å². The lowest BCUT2D eigenvalue weighted by Gasteiger charge is -2.24. The Labute approximate surface area is 135 Å². The molecule has 2 atom stereocenters. The summed E-state index contributed by atoms with van der Waals surface area (Å²) in [4.78, 5) is 0. The lowest BCUT2D eigenvalue weighted by molar-refractivity contribution is 0.140. The van der Waals surface area contributed by atoms with Crippen molar-refractivity contribution >= 4 is 10.8 Å². The van der Waals surface area contributed by atoms with Crippen LogP contribution in [0, 0.1) is 5.82 Å². The SMILES string of the molecule is CNC[C@@H](c1ccc2ccccc2c1)[C@H](O)c1ccccc1F. The quantitative estimate of drug-likeness (QED) is 0.746. The zero-order valence-corrected chi connectivity index (χ0v) is 13.0. The zero-order chi connectivity index (χ0) is 16.2. The second kappa shape index (κ2) is 6.90. The van der Waals surface area contributed by atoms with Crippen molar-refractivity contribution in [1.82, 2.24) is 5.32 Å². The first kappa shape index (κ1) is 15.7. The number of hydrogen-bond acceptors (Lipinski definition) is 2. The molecule has 118 valence electrons. The van der Waals surface area contributed by atoms with E-state index in [4.69, 9.17) is 0 Å². The van der Waals surface area contributed by atoms with E-state index in [1.807, 2.05) is 37.4 Å². The third kappa shape index (κ3) is 3.26. The van der Waals surface area contributed by atoms with Crippen molar-refractivity contribution in [2.45, 2.75) is 12.0 Å². The smallest absolute Gasteiger partial charge is 0.129 e. The van der Waals surface area contributed by atoms with Gasteiger partial charge in [0.25, 0.3) is 0 Å². The number of aliphatic hydroxyl groups excluding tert-OH is 1. The molecule has 0 saturated heterocycles. The van der Waals surface area contributed by atoms with Crippen LogP contribution in [0.4, 0.5) is 4.39 Å². The number of benzene rings is 3. The maximum atomic E-state index is 14.0. The van der Waals surface area contributed by atoms with Gasteiger partial charge >= 0.3 is 0 Å². The molecule has 0 heterocycles. The summed E-state index contributed by atoms with van der Waals surface area (Å²) in [5.41, 5.74) is 1.33. The van der Waals surface area contributed by atoms with E-state index in [2.05, 4.69) is 17.4 Å². The number of nitrogens with one attached hydrogen (secondary N) is 1. The summed E-state index contributed by atoms with van der Waals surface area (Å²) in [5, 5.41) is 16.1. The molecule has 0 fully saturated rings. The summed E-state index contributed by atoms with van der Waals surface area (Å²) >= 11 is 0. The van der Waals surface area contributed by atoms with Crippen LogP contribution in [0.1, 0.15) is 23.1 Å². The fourth-order valence-corrected chi connectivity index (χ4v) is 3.00. The van der Waals surface area contributed by atoms with Crippen LogP contribution in [0.15, 0.2) is 66.7 Å². The Hall–Kier alpha value is -2.23. The van der Waals surface area contributed by atoms with E-state index >= 15 is 0 Å². The molecule has 0 radical (unpaired) electrons. The van der Waals surface area contributed by atoms with Crippen LogP contribution in [0.3, 0.4) is 0 Å². The van der Waals surface area contributed by atoms with Crippen LogP contribution in [0.2, 0.25) is 0 Å². The summed E-state index contributed by atoms with van der Waals surface area (Å²) < 4.78 is 14.0. The number of halogens is 1. The number of rotatable bonds is 5. The van der Waals surface area contributed by atoms with Crippen molar-refractivity contribution < 1.29 is 9.50 Å². The largest absolute Gasteiger partial charge is 0.388 e. The molecule has 3 aromatic carbocycles. The first-order chi connectivity index (χ1) is 11.2. The number of fused-ring (bicyclic) bond motifs is 1. The average Bonchev–Trinajstić information content (AvgIpc) is 2.59. The fourth-order valence-electron chi connectivity index (χ4n) is 3.00. The molecular weight excluding hydrogens is 289 g/mol. The molecule has 0 aliphatic heterocycles. The molecule has 0 bridgehead atoms. The van der Waals surface area contributed by atoms with Gasteiger partial charge in [-0.15, -0.1) is 0 Å². The first-order valence-electron chi connectivity index (χ1n) is 7.76. The van der Waals surface area contributed by atoms with Gasteiger partial charge in [-0.3, -0.25) is 0 Å². The van der Waals surface area contributed by atoms with Crippen LogP contribution >= 0.6 is 0 Å². The average molecular weight is 309 g/mol. The maximum Gasteiger partial charge on any atom is 0.129 e. The Morgan fingerprint density at radius 3 is 2.39 bits per heavy atom. The van der Waals surface area contributed by atoms with Gasteiger partial charge in [0.2, 0.25) is 0 Å². The lowest BCUT2D eigenvalue weighted by atomic mass is 9.87. The summed E-state index contributed by atoms with van der Waals surface area (Å²) in [5.74, 6) is -0.594. The van der Waals surface area contributed by atoms with Crippen molar-refractivity contribution in [3.05, 3.63) is 83.7 Å². The Balaban J connectivity index is 2.01. The molecule has 0 saturated carbocycles. The molecule has 0 amide bonds. The normalized spacial score (nSPS) is 13.9. The van der Waals surface area contributed by atoms with E-state index < -0.39 is 6.10 Å². The lowest BCUT2D eigenvalue weighted by Crippen LogP contribution is -2.23. The number of aliphatic hydroxyl groups is 1. The van der Waals surface area contributed by atoms with Crippen molar-refractivity contribution in [3.63, 3.8) is 0 Å². The predicted molar refractivity (Wildman–Crippen MR) is 92.0 cm³/mol. The summed E-state index contributed by atoms with van der Waals surface area (Å²) in [6.07, 6.45) is -0.898. The monoisotopic (exact) mass is 309 g/mol. The molecule has 3 rings (SSSR count). The van der Waals surface area contributed by atoms with Gasteiger partial charge in [-0.2, -0.15) is 0 Å². The standard InChI is InChI=1S/C20H20FNO/c1-22-13-18(20(23)17-8-4-5-9-19(17)21)16-11-10-14-6-2-3-7-15(14)12-16/h2-12,18,20,22-23H,13H2,1H3/t18-,20+/m0/s1. The summed E-state index contributed by atoms with van der Waals surface area (Å²) in [7, 11) is 1.84. The minimum absolute atomic E-state index is 0.221. The Morgan fingerprint density at radius 2 is 1.65 bits per heavy atom. The van der Waals surface area contributed by atoms with E-state index in [0.717, 1.165) is 16.3 Å². The third-order valence-electron chi connectivity index (χ3n) is 4.23. The highest BCUT2D eigenvalue weighted by atomic mass is 19.1. The molecule has 0 aromatic heterocycles. The molecule has 2 N–H and O–H groups in total. The second-order valence-corrected chi connectivity index (χ2v) is 5.74. The van der Waals surface area contributed by atoms with Crippen LogP contribution < -0.4 is 5.32 Å². The molecule has 23 heavy (non-hydrogen) atoms. The highest BCUT2D eigenvalue weighted by molar-refractivity contribution is 5.83. The van der Waals surface area contributed by atoms with Gasteiger partial charge in [-0.05, 0) is 29.4 Å². The van der Waals surface area contributed by atoms with Gasteiger partial charge in [-0.25, -0.2) is 4.39 Å². The topological polar surface area (TPSA) is 32.3 Å². The molecule has 0 unspecified atom stereocenters. The van der Waals surface area contributed by atoms with E-state index in [1.54, 1.807) is 18.2 Å². The second-order valence-electron chi connectivity index (χ2n) is 5.74. The molecular formula is C20H20FNO. The van der Waals surface area contributed by atoms with Gasteiger partial charge in [0, 0.05) is 18.0 Å². The summed E-state index contributed by atoms with van der Waals surface area (Å²) in [6.45, 7) is 0.563. The highest BCUT2D eigenvalue weighted by Gasteiger charge is 2.24. The maximum absolute atomic E-state index is 14.0. The van der Waals surface area contributed by atoms with E-state index in [1.165, 1.54) is 6.07 Å². The molecule has 0 aliphatic rings. The molecule has 3 heteroatoms. The molecule has 3 aromatic rings. The third-order valence-corrected chi connectivity index (χ3v) is 4.23. The predicted octanol–water partition coefficient (Wildman–Crippen LogP) is 4.02. The van der Waals surface area contributed by atoms with Gasteiger partial charge in [0.1, 0.15) is 5.82 Å². The van der Waals surface area contributed by atoms with Crippen molar-refractivity contribution in [2.24, 2.45) is 0 Å². The molecule has 0 aliphatic carbocycles. The van der Waals surface area contributed by atoms with Crippen LogP contribution in [0.5, 0.6) is 0 Å². The van der Waals surface area contributed by atoms with E-state index in [-0.39, 0.29) is 11.7 Å². The molecule has 2 nitrogen and oxygen atoms in total. The fraction of sp³-hybridized carbons (Fsp3) is 0.200. The Kier molecular flexibility index (Phi) is 4.70. The van der Waals surface area contributed by atoms with Crippen LogP contribution in [-0.4, -0.2) is 18.7 Å². The van der Waals surface area contributed by atoms with Crippen LogP contribution in [-0.2, 0) is 0 Å². The highest BCUT2D eigenvalue weighted by Crippen LogP contribution is 2.33. The summed E-state index contributed by atoms with van der Waals surface area (Å²) in [6, 6.07) is 20.6. The van der Waals surface area contributed by atoms with E-state index in [9.17, 15) is 9.50 Å². The van der Waals surface area contributed by atoms with Crippen molar-refractivity contribution in [2.75, 3.05) is 13.6 Å². The van der Waals surface area contributed by atoms with Crippen LogP contribution in [0.25, 0.3) is 10.8 Å². The number of likely N-dealkylation sites (N-methyl/N-ethyl adjacent to an activating group) is 1. The number of hydrogen-bond donors (Lipinski definition) is 2.